The molecule has 1 aliphatic heterocycles. The zero-order valence-corrected chi connectivity index (χ0v) is 13.5. The predicted octanol–water partition coefficient (Wildman–Crippen LogP) is -0.221. The molecule has 0 radical (unpaired) electrons. The minimum absolute atomic E-state index is 0.00514. The maximum absolute atomic E-state index is 12.2. The summed E-state index contributed by atoms with van der Waals surface area (Å²) in [5, 5.41) is 8.06. The number of nitrogens with one attached hydrogen (secondary N) is 1. The van der Waals surface area contributed by atoms with E-state index in [9.17, 15) is 18.0 Å². The van der Waals surface area contributed by atoms with Gasteiger partial charge in [-0.15, -0.1) is 0 Å². The summed E-state index contributed by atoms with van der Waals surface area (Å²) in [5.41, 5.74) is 0.285. The molecule has 0 bridgehead atoms. The SMILES string of the molecule is Cn1nc(CC(=O)N[C@H]2CCS(=O)(=O)C2)c2ccccc2c1=O. The molecule has 23 heavy (non-hydrogen) atoms. The van der Waals surface area contributed by atoms with Gasteiger partial charge in [0.05, 0.1) is 29.0 Å². The van der Waals surface area contributed by atoms with Crippen LogP contribution in [0.2, 0.25) is 0 Å². The van der Waals surface area contributed by atoms with Crippen molar-refractivity contribution in [2.24, 2.45) is 7.05 Å². The lowest BCUT2D eigenvalue weighted by molar-refractivity contribution is -0.121. The van der Waals surface area contributed by atoms with Crippen LogP contribution < -0.4 is 10.9 Å². The molecular formula is C15H17N3O4S. The van der Waals surface area contributed by atoms with Crippen molar-refractivity contribution in [3.05, 3.63) is 40.3 Å². The summed E-state index contributed by atoms with van der Waals surface area (Å²) >= 11 is 0. The van der Waals surface area contributed by atoms with Crippen LogP contribution in [0.15, 0.2) is 29.1 Å². The highest BCUT2D eigenvalue weighted by Crippen LogP contribution is 2.15. The standard InChI is InChI=1S/C15H17N3O4S/c1-18-15(20)12-5-3-2-4-11(12)13(17-18)8-14(19)16-10-6-7-23(21,22)9-10/h2-5,10H,6-9H2,1H3,(H,16,19)/t10-/m0/s1. The summed E-state index contributed by atoms with van der Waals surface area (Å²) < 4.78 is 24.1. The van der Waals surface area contributed by atoms with Crippen LogP contribution in [0.3, 0.4) is 0 Å². The first-order valence-electron chi connectivity index (χ1n) is 7.30. The van der Waals surface area contributed by atoms with Crippen LogP contribution in [0.4, 0.5) is 0 Å². The highest BCUT2D eigenvalue weighted by molar-refractivity contribution is 7.91. The molecule has 1 fully saturated rings. The van der Waals surface area contributed by atoms with Gasteiger partial charge in [-0.3, -0.25) is 9.59 Å². The minimum atomic E-state index is -3.04. The molecule has 0 spiro atoms. The molecule has 3 rings (SSSR count). The highest BCUT2D eigenvalue weighted by atomic mass is 32.2. The van der Waals surface area contributed by atoms with Gasteiger partial charge in [0.2, 0.25) is 5.91 Å². The van der Waals surface area contributed by atoms with Crippen molar-refractivity contribution in [2.45, 2.75) is 18.9 Å². The Hall–Kier alpha value is -2.22. The first-order valence-corrected chi connectivity index (χ1v) is 9.12. The lowest BCUT2D eigenvalue weighted by atomic mass is 10.1. The third-order valence-electron chi connectivity index (χ3n) is 3.96. The van der Waals surface area contributed by atoms with E-state index < -0.39 is 9.84 Å². The molecule has 2 heterocycles. The van der Waals surface area contributed by atoms with Crippen molar-refractivity contribution in [1.29, 1.82) is 0 Å². The topological polar surface area (TPSA) is 98.1 Å². The average Bonchev–Trinajstić information content (AvgIpc) is 2.83. The summed E-state index contributed by atoms with van der Waals surface area (Å²) in [6.45, 7) is 0. The van der Waals surface area contributed by atoms with Crippen LogP contribution in [-0.4, -0.2) is 41.7 Å². The molecule has 122 valence electrons. The van der Waals surface area contributed by atoms with Crippen LogP contribution in [0.1, 0.15) is 12.1 Å². The Morgan fingerprint density at radius 2 is 2.04 bits per heavy atom. The van der Waals surface area contributed by atoms with E-state index in [0.29, 0.717) is 22.9 Å². The van der Waals surface area contributed by atoms with E-state index in [-0.39, 0.29) is 35.4 Å². The molecule has 1 saturated heterocycles. The number of nitrogens with zero attached hydrogens (tertiary/aromatic N) is 2. The molecule has 1 N–H and O–H groups in total. The van der Waals surface area contributed by atoms with Crippen molar-refractivity contribution >= 4 is 26.5 Å². The first-order chi connectivity index (χ1) is 10.9. The van der Waals surface area contributed by atoms with Crippen molar-refractivity contribution in [1.82, 2.24) is 15.1 Å². The Bertz CT molecular complexity index is 933. The number of carbonyl (C=O) groups excluding carboxylic acids is 1. The van der Waals surface area contributed by atoms with Crippen molar-refractivity contribution in [3.63, 3.8) is 0 Å². The van der Waals surface area contributed by atoms with E-state index in [0.717, 1.165) is 0 Å². The normalized spacial score (nSPS) is 19.8. The number of rotatable bonds is 3. The molecule has 1 amide bonds. The molecule has 1 aliphatic rings. The molecule has 0 saturated carbocycles. The molecule has 1 aromatic carbocycles. The number of aromatic nitrogens is 2. The first kappa shape index (κ1) is 15.7. The lowest BCUT2D eigenvalue weighted by Crippen LogP contribution is -2.37. The third-order valence-corrected chi connectivity index (χ3v) is 5.73. The van der Waals surface area contributed by atoms with Crippen LogP contribution in [0.5, 0.6) is 0 Å². The summed E-state index contributed by atoms with van der Waals surface area (Å²) in [6.07, 6.45) is 0.445. The number of amides is 1. The second-order valence-corrected chi connectivity index (χ2v) is 7.99. The Labute approximate surface area is 133 Å². The van der Waals surface area contributed by atoms with Crippen LogP contribution >= 0.6 is 0 Å². The zero-order chi connectivity index (χ0) is 16.6. The Balaban J connectivity index is 1.83. The predicted molar refractivity (Wildman–Crippen MR) is 85.9 cm³/mol. The molecule has 7 nitrogen and oxygen atoms in total. The van der Waals surface area contributed by atoms with Gasteiger partial charge in [-0.1, -0.05) is 18.2 Å². The second kappa shape index (κ2) is 5.77. The lowest BCUT2D eigenvalue weighted by Gasteiger charge is -2.12. The summed E-state index contributed by atoms with van der Waals surface area (Å²) in [5.74, 6) is -0.192. The summed E-state index contributed by atoms with van der Waals surface area (Å²) in [4.78, 5) is 24.2. The van der Waals surface area contributed by atoms with E-state index in [1.54, 1.807) is 31.3 Å². The largest absolute Gasteiger partial charge is 0.352 e. The maximum atomic E-state index is 12.2. The fourth-order valence-corrected chi connectivity index (χ4v) is 4.52. The van der Waals surface area contributed by atoms with Gasteiger partial charge >= 0.3 is 0 Å². The maximum Gasteiger partial charge on any atom is 0.274 e. The second-order valence-electron chi connectivity index (χ2n) is 5.77. The number of benzene rings is 1. The van der Waals surface area contributed by atoms with E-state index in [4.69, 9.17) is 0 Å². The van der Waals surface area contributed by atoms with Crippen LogP contribution in [-0.2, 0) is 28.1 Å². The number of carbonyl (C=O) groups is 1. The zero-order valence-electron chi connectivity index (χ0n) is 12.7. The summed E-state index contributed by atoms with van der Waals surface area (Å²) in [6, 6.07) is 6.66. The van der Waals surface area contributed by atoms with Crippen molar-refractivity contribution in [2.75, 3.05) is 11.5 Å². The molecule has 1 aromatic heterocycles. The van der Waals surface area contributed by atoms with Gasteiger partial charge in [0.15, 0.2) is 9.84 Å². The molecular weight excluding hydrogens is 318 g/mol. The van der Waals surface area contributed by atoms with Crippen LogP contribution in [0, 0.1) is 0 Å². The van der Waals surface area contributed by atoms with Gasteiger partial charge in [-0.2, -0.15) is 5.10 Å². The Morgan fingerprint density at radius 1 is 1.35 bits per heavy atom. The monoisotopic (exact) mass is 335 g/mol. The molecule has 0 unspecified atom stereocenters. The average molecular weight is 335 g/mol. The van der Waals surface area contributed by atoms with Gasteiger partial charge in [0, 0.05) is 18.5 Å². The summed E-state index contributed by atoms with van der Waals surface area (Å²) in [7, 11) is -1.50. The Kier molecular flexibility index (Phi) is 3.93. The Morgan fingerprint density at radius 3 is 2.70 bits per heavy atom. The number of hydrogen-bond acceptors (Lipinski definition) is 5. The van der Waals surface area contributed by atoms with E-state index in [2.05, 4.69) is 10.4 Å². The highest BCUT2D eigenvalue weighted by Gasteiger charge is 2.29. The number of hydrogen-bond donors (Lipinski definition) is 1. The van der Waals surface area contributed by atoms with Gasteiger partial charge in [-0.25, -0.2) is 13.1 Å². The quantitative estimate of drug-likeness (QED) is 0.836. The number of fused-ring (bicyclic) bond motifs is 1. The molecule has 2 aromatic rings. The smallest absolute Gasteiger partial charge is 0.274 e. The van der Waals surface area contributed by atoms with Gasteiger partial charge < -0.3 is 5.32 Å². The van der Waals surface area contributed by atoms with Crippen molar-refractivity contribution in [3.8, 4) is 0 Å². The molecule has 1 atom stereocenters. The third kappa shape index (κ3) is 3.26. The fourth-order valence-electron chi connectivity index (χ4n) is 2.85. The van der Waals surface area contributed by atoms with Crippen molar-refractivity contribution < 1.29 is 13.2 Å². The van der Waals surface area contributed by atoms with Gasteiger partial charge in [0.25, 0.3) is 5.56 Å². The molecule has 8 heteroatoms. The van der Waals surface area contributed by atoms with Gasteiger partial charge in [-0.05, 0) is 12.5 Å². The van der Waals surface area contributed by atoms with E-state index in [1.807, 2.05) is 0 Å². The van der Waals surface area contributed by atoms with Crippen LogP contribution in [0.25, 0.3) is 10.8 Å². The minimum Gasteiger partial charge on any atom is -0.352 e. The van der Waals surface area contributed by atoms with E-state index >= 15 is 0 Å². The number of aryl methyl sites for hydroxylation is 1. The molecule has 0 aliphatic carbocycles. The van der Waals surface area contributed by atoms with E-state index in [1.165, 1.54) is 4.68 Å². The fraction of sp³-hybridized carbons (Fsp3) is 0.400. The van der Waals surface area contributed by atoms with Gasteiger partial charge in [0.1, 0.15) is 0 Å². The number of sulfone groups is 1.